The van der Waals surface area contributed by atoms with E-state index in [1.54, 1.807) is 0 Å². The standard InChI is InChI=1S/C11H13NO3/c1-2-8-14-11(13)12-15-9-10-6-4-3-5-7-10/h2-7H,1,8-9H2,(H,12,13). The third-order valence-corrected chi connectivity index (χ3v) is 1.57. The van der Waals surface area contributed by atoms with Gasteiger partial charge in [0.15, 0.2) is 0 Å². The molecule has 1 rings (SSSR count). The topological polar surface area (TPSA) is 47.6 Å². The van der Waals surface area contributed by atoms with E-state index in [0.29, 0.717) is 6.61 Å². The molecule has 15 heavy (non-hydrogen) atoms. The van der Waals surface area contributed by atoms with E-state index in [2.05, 4.69) is 16.8 Å². The molecule has 0 radical (unpaired) electrons. The fourth-order valence-corrected chi connectivity index (χ4v) is 0.917. The van der Waals surface area contributed by atoms with Crippen molar-refractivity contribution >= 4 is 6.09 Å². The molecule has 0 unspecified atom stereocenters. The SMILES string of the molecule is C=CCOC(=O)NOCc1ccccc1. The van der Waals surface area contributed by atoms with Gasteiger partial charge < -0.3 is 4.74 Å². The van der Waals surface area contributed by atoms with E-state index in [4.69, 9.17) is 4.84 Å². The molecule has 0 bridgehead atoms. The summed E-state index contributed by atoms with van der Waals surface area (Å²) in [7, 11) is 0. The molecule has 1 aromatic carbocycles. The fraction of sp³-hybridized carbons (Fsp3) is 0.182. The molecule has 1 amide bonds. The van der Waals surface area contributed by atoms with Crippen LogP contribution in [-0.2, 0) is 16.2 Å². The van der Waals surface area contributed by atoms with Crippen molar-refractivity contribution < 1.29 is 14.4 Å². The summed E-state index contributed by atoms with van der Waals surface area (Å²) in [5.74, 6) is 0. The number of amides is 1. The smallest absolute Gasteiger partial charge is 0.431 e. The molecule has 0 fully saturated rings. The molecule has 0 saturated heterocycles. The van der Waals surface area contributed by atoms with E-state index in [0.717, 1.165) is 5.56 Å². The Morgan fingerprint density at radius 1 is 1.40 bits per heavy atom. The largest absolute Gasteiger partial charge is 0.444 e. The van der Waals surface area contributed by atoms with Crippen molar-refractivity contribution in [2.45, 2.75) is 6.61 Å². The monoisotopic (exact) mass is 207 g/mol. The van der Waals surface area contributed by atoms with Crippen molar-refractivity contribution in [2.24, 2.45) is 0 Å². The average molecular weight is 207 g/mol. The molecule has 0 atom stereocenters. The van der Waals surface area contributed by atoms with Crippen LogP contribution in [0.3, 0.4) is 0 Å². The van der Waals surface area contributed by atoms with Crippen LogP contribution >= 0.6 is 0 Å². The molecular formula is C11H13NO3. The number of benzene rings is 1. The number of hydrogen-bond acceptors (Lipinski definition) is 3. The Balaban J connectivity index is 2.16. The van der Waals surface area contributed by atoms with Gasteiger partial charge in [0.25, 0.3) is 0 Å². The van der Waals surface area contributed by atoms with Crippen molar-refractivity contribution in [3.05, 3.63) is 48.6 Å². The molecule has 80 valence electrons. The average Bonchev–Trinajstić information content (AvgIpc) is 2.28. The van der Waals surface area contributed by atoms with Gasteiger partial charge in [-0.25, -0.2) is 4.79 Å². The van der Waals surface area contributed by atoms with E-state index in [9.17, 15) is 4.79 Å². The Morgan fingerprint density at radius 2 is 2.13 bits per heavy atom. The zero-order valence-electron chi connectivity index (χ0n) is 8.31. The predicted octanol–water partition coefficient (Wildman–Crippen LogP) is 2.03. The van der Waals surface area contributed by atoms with Gasteiger partial charge in [-0.2, -0.15) is 5.48 Å². The van der Waals surface area contributed by atoms with Crippen LogP contribution in [0.1, 0.15) is 5.56 Å². The van der Waals surface area contributed by atoms with Gasteiger partial charge in [0, 0.05) is 0 Å². The highest BCUT2D eigenvalue weighted by Gasteiger charge is 1.99. The maximum Gasteiger partial charge on any atom is 0.431 e. The van der Waals surface area contributed by atoms with Crippen molar-refractivity contribution in [2.75, 3.05) is 6.61 Å². The van der Waals surface area contributed by atoms with E-state index in [1.165, 1.54) is 6.08 Å². The van der Waals surface area contributed by atoms with Gasteiger partial charge in [-0.3, -0.25) is 4.84 Å². The minimum Gasteiger partial charge on any atom is -0.444 e. The Labute approximate surface area is 88.5 Å². The second-order valence-corrected chi connectivity index (χ2v) is 2.76. The number of carbonyl (C=O) groups is 1. The van der Waals surface area contributed by atoms with Gasteiger partial charge in [-0.05, 0) is 5.56 Å². The minimum atomic E-state index is -0.620. The van der Waals surface area contributed by atoms with E-state index < -0.39 is 6.09 Å². The fourth-order valence-electron chi connectivity index (χ4n) is 0.917. The predicted molar refractivity (Wildman–Crippen MR) is 55.9 cm³/mol. The first kappa shape index (κ1) is 11.3. The molecule has 0 saturated carbocycles. The first-order valence-electron chi connectivity index (χ1n) is 4.52. The van der Waals surface area contributed by atoms with Crippen molar-refractivity contribution in [3.8, 4) is 0 Å². The lowest BCUT2D eigenvalue weighted by Crippen LogP contribution is -2.24. The summed E-state index contributed by atoms with van der Waals surface area (Å²) >= 11 is 0. The van der Waals surface area contributed by atoms with Crippen LogP contribution < -0.4 is 5.48 Å². The Morgan fingerprint density at radius 3 is 2.80 bits per heavy atom. The molecule has 4 heteroatoms. The third-order valence-electron chi connectivity index (χ3n) is 1.57. The van der Waals surface area contributed by atoms with Gasteiger partial charge in [0.1, 0.15) is 6.61 Å². The van der Waals surface area contributed by atoms with Crippen molar-refractivity contribution in [1.82, 2.24) is 5.48 Å². The Bertz CT molecular complexity index is 311. The number of ether oxygens (including phenoxy) is 1. The van der Waals surface area contributed by atoms with Gasteiger partial charge in [0.05, 0.1) is 6.61 Å². The molecular weight excluding hydrogens is 194 g/mol. The molecule has 0 spiro atoms. The minimum absolute atomic E-state index is 0.167. The summed E-state index contributed by atoms with van der Waals surface area (Å²) in [4.78, 5) is 15.8. The molecule has 1 aromatic rings. The second kappa shape index (κ2) is 6.62. The van der Waals surface area contributed by atoms with Crippen molar-refractivity contribution in [3.63, 3.8) is 0 Å². The second-order valence-electron chi connectivity index (χ2n) is 2.76. The number of carbonyl (C=O) groups excluding carboxylic acids is 1. The molecule has 1 N–H and O–H groups in total. The summed E-state index contributed by atoms with van der Waals surface area (Å²) in [6.45, 7) is 3.89. The zero-order chi connectivity index (χ0) is 10.9. The van der Waals surface area contributed by atoms with Gasteiger partial charge >= 0.3 is 6.09 Å². The summed E-state index contributed by atoms with van der Waals surface area (Å²) in [5, 5.41) is 0. The van der Waals surface area contributed by atoms with Gasteiger partial charge in [-0.1, -0.05) is 43.0 Å². The maximum absolute atomic E-state index is 10.9. The lowest BCUT2D eigenvalue weighted by atomic mass is 10.2. The van der Waals surface area contributed by atoms with Crippen LogP contribution in [0, 0.1) is 0 Å². The van der Waals surface area contributed by atoms with E-state index >= 15 is 0 Å². The molecule has 0 aliphatic heterocycles. The van der Waals surface area contributed by atoms with E-state index in [-0.39, 0.29) is 6.61 Å². The van der Waals surface area contributed by atoms with Gasteiger partial charge in [0.2, 0.25) is 0 Å². The van der Waals surface area contributed by atoms with Crippen LogP contribution in [-0.4, -0.2) is 12.7 Å². The van der Waals surface area contributed by atoms with Crippen LogP contribution in [0.5, 0.6) is 0 Å². The van der Waals surface area contributed by atoms with Crippen LogP contribution in [0.15, 0.2) is 43.0 Å². The lowest BCUT2D eigenvalue weighted by Gasteiger charge is -2.05. The molecule has 0 aliphatic carbocycles. The Hall–Kier alpha value is -1.81. The highest BCUT2D eigenvalue weighted by molar-refractivity contribution is 5.65. The third kappa shape index (κ3) is 4.83. The van der Waals surface area contributed by atoms with E-state index in [1.807, 2.05) is 30.3 Å². The summed E-state index contributed by atoms with van der Waals surface area (Å²) in [6.07, 6.45) is 0.863. The van der Waals surface area contributed by atoms with Crippen LogP contribution in [0.4, 0.5) is 4.79 Å². The lowest BCUT2D eigenvalue weighted by molar-refractivity contribution is 0.0215. The molecule has 0 aliphatic rings. The highest BCUT2D eigenvalue weighted by Crippen LogP contribution is 1.98. The zero-order valence-corrected chi connectivity index (χ0v) is 8.31. The number of rotatable bonds is 5. The molecule has 0 aromatic heterocycles. The Kier molecular flexibility index (Phi) is 4.97. The van der Waals surface area contributed by atoms with Crippen LogP contribution in [0.25, 0.3) is 0 Å². The molecule has 4 nitrogen and oxygen atoms in total. The first-order chi connectivity index (χ1) is 7.33. The molecule has 0 heterocycles. The normalized spacial score (nSPS) is 9.33. The summed E-state index contributed by atoms with van der Waals surface area (Å²) in [6, 6.07) is 9.51. The van der Waals surface area contributed by atoms with Gasteiger partial charge in [-0.15, -0.1) is 0 Å². The highest BCUT2D eigenvalue weighted by atomic mass is 16.7. The number of hydrogen-bond donors (Lipinski definition) is 1. The quantitative estimate of drug-likeness (QED) is 0.593. The summed E-state index contributed by atoms with van der Waals surface area (Å²) in [5.41, 5.74) is 3.13. The van der Waals surface area contributed by atoms with Crippen LogP contribution in [0.2, 0.25) is 0 Å². The maximum atomic E-state index is 10.9. The van der Waals surface area contributed by atoms with Crippen molar-refractivity contribution in [1.29, 1.82) is 0 Å². The number of hydroxylamine groups is 1. The number of nitrogens with one attached hydrogen (secondary N) is 1. The first-order valence-corrected chi connectivity index (χ1v) is 4.52. The summed E-state index contributed by atoms with van der Waals surface area (Å²) < 4.78 is 4.64.